The second kappa shape index (κ2) is 8.57. The molecule has 2 aromatic carbocycles. The lowest BCUT2D eigenvalue weighted by Gasteiger charge is -2.34. The number of benzene rings is 2. The van der Waals surface area contributed by atoms with Gasteiger partial charge in [0, 0.05) is 31.1 Å². The number of aromatic amines is 1. The largest absolute Gasteiger partial charge is 0.342 e. The number of fused-ring (bicyclic) bond motifs is 1. The van der Waals surface area contributed by atoms with Crippen molar-refractivity contribution in [2.75, 3.05) is 13.1 Å². The third-order valence-corrected chi connectivity index (χ3v) is 5.82. The van der Waals surface area contributed by atoms with Gasteiger partial charge in [-0.15, -0.1) is 0 Å². The first kappa shape index (κ1) is 18.7. The van der Waals surface area contributed by atoms with Gasteiger partial charge in [0.15, 0.2) is 0 Å². The Labute approximate surface area is 166 Å². The molecule has 1 saturated heterocycles. The van der Waals surface area contributed by atoms with E-state index < -0.39 is 0 Å². The van der Waals surface area contributed by atoms with Gasteiger partial charge >= 0.3 is 0 Å². The van der Waals surface area contributed by atoms with Crippen molar-refractivity contribution >= 4 is 16.8 Å². The molecule has 1 unspecified atom stereocenters. The predicted molar refractivity (Wildman–Crippen MR) is 112 cm³/mol. The zero-order valence-corrected chi connectivity index (χ0v) is 16.4. The highest BCUT2D eigenvalue weighted by Gasteiger charge is 2.28. The van der Waals surface area contributed by atoms with E-state index in [4.69, 9.17) is 0 Å². The Morgan fingerprint density at radius 3 is 2.75 bits per heavy atom. The summed E-state index contributed by atoms with van der Waals surface area (Å²) in [6.07, 6.45) is 4.70. The molecule has 3 aromatic rings. The topological polar surface area (TPSA) is 61.0 Å². The molecule has 1 aliphatic rings. The van der Waals surface area contributed by atoms with Crippen molar-refractivity contribution in [1.29, 1.82) is 0 Å². The quantitative estimate of drug-likeness (QED) is 0.687. The van der Waals surface area contributed by atoms with Crippen molar-refractivity contribution in [2.45, 2.75) is 44.7 Å². The maximum Gasteiger partial charge on any atom is 0.230 e. The fraction of sp³-hybridized carbons (Fsp3) is 0.391. The summed E-state index contributed by atoms with van der Waals surface area (Å²) in [5.74, 6) is 0.253. The molecule has 0 aliphatic carbocycles. The van der Waals surface area contributed by atoms with Crippen molar-refractivity contribution in [3.8, 4) is 0 Å². The van der Waals surface area contributed by atoms with Crippen LogP contribution in [0.4, 0.5) is 0 Å². The van der Waals surface area contributed by atoms with Gasteiger partial charge in [0.05, 0.1) is 17.6 Å². The molecule has 1 fully saturated rings. The van der Waals surface area contributed by atoms with Gasteiger partial charge in [-0.05, 0) is 36.5 Å². The van der Waals surface area contributed by atoms with Crippen molar-refractivity contribution < 1.29 is 4.79 Å². The SMILES string of the molecule is CCC(C(=O)N1CCC(NCc2ccc3cn[nH]c3c2)CC1)c1ccccc1. The number of hydrogen-bond acceptors (Lipinski definition) is 3. The molecule has 0 radical (unpaired) electrons. The molecule has 2 N–H and O–H groups in total. The molecule has 0 saturated carbocycles. The molecule has 1 atom stereocenters. The molecule has 146 valence electrons. The summed E-state index contributed by atoms with van der Waals surface area (Å²) in [4.78, 5) is 15.1. The van der Waals surface area contributed by atoms with E-state index in [1.807, 2.05) is 24.4 Å². The van der Waals surface area contributed by atoms with E-state index in [1.54, 1.807) is 0 Å². The molecule has 28 heavy (non-hydrogen) atoms. The molecule has 5 heteroatoms. The number of carbonyl (C=O) groups excluding carboxylic acids is 1. The molecule has 5 nitrogen and oxygen atoms in total. The number of H-pyrrole nitrogens is 1. The average molecular weight is 377 g/mol. The Balaban J connectivity index is 1.29. The first-order valence-corrected chi connectivity index (χ1v) is 10.2. The summed E-state index contributed by atoms with van der Waals surface area (Å²) >= 11 is 0. The summed E-state index contributed by atoms with van der Waals surface area (Å²) in [5, 5.41) is 11.9. The Bertz CT molecular complexity index is 913. The minimum Gasteiger partial charge on any atom is -0.342 e. The molecular formula is C23H28N4O. The van der Waals surface area contributed by atoms with Gasteiger partial charge in [-0.3, -0.25) is 9.89 Å². The van der Waals surface area contributed by atoms with Gasteiger partial charge < -0.3 is 10.2 Å². The summed E-state index contributed by atoms with van der Waals surface area (Å²) < 4.78 is 0. The standard InChI is InChI=1S/C23H28N4O/c1-2-21(18-6-4-3-5-7-18)23(28)27-12-10-20(11-13-27)24-15-17-8-9-19-16-25-26-22(19)14-17/h3-9,14,16,20-21,24H,2,10-13,15H2,1H3,(H,25,26). The van der Waals surface area contributed by atoms with E-state index in [2.05, 4.69) is 57.7 Å². The van der Waals surface area contributed by atoms with Crippen molar-refractivity contribution in [2.24, 2.45) is 0 Å². The number of amides is 1. The van der Waals surface area contributed by atoms with Crippen LogP contribution in [-0.2, 0) is 11.3 Å². The lowest BCUT2D eigenvalue weighted by molar-refractivity contribution is -0.134. The Morgan fingerprint density at radius 2 is 2.00 bits per heavy atom. The van der Waals surface area contributed by atoms with Crippen LogP contribution >= 0.6 is 0 Å². The highest BCUT2D eigenvalue weighted by atomic mass is 16.2. The summed E-state index contributed by atoms with van der Waals surface area (Å²) in [6.45, 7) is 4.61. The second-order valence-electron chi connectivity index (χ2n) is 7.64. The van der Waals surface area contributed by atoms with Gasteiger partial charge in [-0.2, -0.15) is 5.10 Å². The fourth-order valence-corrected chi connectivity index (χ4v) is 4.12. The molecule has 1 amide bonds. The number of likely N-dealkylation sites (tertiary alicyclic amines) is 1. The lowest BCUT2D eigenvalue weighted by Crippen LogP contribution is -2.46. The maximum absolute atomic E-state index is 13.0. The number of rotatable bonds is 6. The third kappa shape index (κ3) is 4.09. The minimum absolute atomic E-state index is 0.0214. The first-order chi connectivity index (χ1) is 13.7. The molecular weight excluding hydrogens is 348 g/mol. The monoisotopic (exact) mass is 376 g/mol. The van der Waals surface area contributed by atoms with Crippen molar-refractivity contribution in [3.63, 3.8) is 0 Å². The van der Waals surface area contributed by atoms with E-state index in [0.29, 0.717) is 6.04 Å². The number of aromatic nitrogens is 2. The summed E-state index contributed by atoms with van der Waals surface area (Å²) in [6, 6.07) is 17.0. The van der Waals surface area contributed by atoms with Crippen LogP contribution in [0.2, 0.25) is 0 Å². The van der Waals surface area contributed by atoms with Crippen LogP contribution in [0, 0.1) is 0 Å². The highest BCUT2D eigenvalue weighted by molar-refractivity contribution is 5.83. The molecule has 0 spiro atoms. The molecule has 4 rings (SSSR count). The minimum atomic E-state index is -0.0214. The second-order valence-corrected chi connectivity index (χ2v) is 7.64. The predicted octanol–water partition coefficient (Wildman–Crippen LogP) is 3.84. The number of nitrogens with one attached hydrogen (secondary N) is 2. The van der Waals surface area contributed by atoms with Crippen LogP contribution in [0.25, 0.3) is 10.9 Å². The normalized spacial score (nSPS) is 16.4. The Morgan fingerprint density at radius 1 is 1.21 bits per heavy atom. The van der Waals surface area contributed by atoms with E-state index in [1.165, 1.54) is 5.56 Å². The van der Waals surface area contributed by atoms with Gasteiger partial charge in [0.25, 0.3) is 0 Å². The van der Waals surface area contributed by atoms with Crippen LogP contribution in [0.5, 0.6) is 0 Å². The summed E-state index contributed by atoms with van der Waals surface area (Å²) in [5.41, 5.74) is 3.46. The third-order valence-electron chi connectivity index (χ3n) is 5.82. The number of piperidine rings is 1. The molecule has 1 aromatic heterocycles. The van der Waals surface area contributed by atoms with Crippen molar-refractivity contribution in [1.82, 2.24) is 20.4 Å². The maximum atomic E-state index is 13.0. The van der Waals surface area contributed by atoms with Gasteiger partial charge in [-0.1, -0.05) is 49.4 Å². The van der Waals surface area contributed by atoms with Crippen LogP contribution in [0.1, 0.15) is 43.2 Å². The Kier molecular flexibility index (Phi) is 5.72. The van der Waals surface area contributed by atoms with Gasteiger partial charge in [0.1, 0.15) is 0 Å². The van der Waals surface area contributed by atoms with E-state index in [0.717, 1.165) is 55.4 Å². The zero-order valence-electron chi connectivity index (χ0n) is 16.4. The van der Waals surface area contributed by atoms with Gasteiger partial charge in [-0.25, -0.2) is 0 Å². The van der Waals surface area contributed by atoms with Crippen LogP contribution in [-0.4, -0.2) is 40.1 Å². The average Bonchev–Trinajstić information content (AvgIpc) is 3.22. The number of nitrogens with zero attached hydrogens (tertiary/aromatic N) is 2. The van der Waals surface area contributed by atoms with Gasteiger partial charge in [0.2, 0.25) is 5.91 Å². The van der Waals surface area contributed by atoms with Crippen LogP contribution in [0.3, 0.4) is 0 Å². The smallest absolute Gasteiger partial charge is 0.230 e. The van der Waals surface area contributed by atoms with Crippen LogP contribution in [0.15, 0.2) is 54.7 Å². The molecule has 1 aliphatic heterocycles. The molecule has 2 heterocycles. The van der Waals surface area contributed by atoms with E-state index >= 15 is 0 Å². The van der Waals surface area contributed by atoms with Crippen LogP contribution < -0.4 is 5.32 Å². The van der Waals surface area contributed by atoms with E-state index in [9.17, 15) is 4.79 Å². The Hall–Kier alpha value is -2.66. The number of carbonyl (C=O) groups is 1. The number of hydrogen-bond donors (Lipinski definition) is 2. The first-order valence-electron chi connectivity index (χ1n) is 10.2. The van der Waals surface area contributed by atoms with Crippen molar-refractivity contribution in [3.05, 3.63) is 65.9 Å². The fourth-order valence-electron chi connectivity index (χ4n) is 4.12. The summed E-state index contributed by atoms with van der Waals surface area (Å²) in [7, 11) is 0. The highest BCUT2D eigenvalue weighted by Crippen LogP contribution is 2.24. The zero-order chi connectivity index (χ0) is 19.3. The lowest BCUT2D eigenvalue weighted by atomic mass is 9.93. The molecule has 0 bridgehead atoms. The van der Waals surface area contributed by atoms with E-state index in [-0.39, 0.29) is 11.8 Å².